The van der Waals surface area contributed by atoms with E-state index in [9.17, 15) is 14.9 Å². The molecule has 1 aliphatic rings. The van der Waals surface area contributed by atoms with Gasteiger partial charge in [0.1, 0.15) is 0 Å². The van der Waals surface area contributed by atoms with E-state index in [1.807, 2.05) is 35.2 Å². The summed E-state index contributed by atoms with van der Waals surface area (Å²) >= 11 is 0. The summed E-state index contributed by atoms with van der Waals surface area (Å²) in [6.45, 7) is 7.74. The third-order valence-corrected chi connectivity index (χ3v) is 5.77. The number of likely N-dealkylation sites (N-methyl/N-ethyl adjacent to an activating group) is 1. The van der Waals surface area contributed by atoms with Crippen LogP contribution in [0.4, 0.5) is 5.69 Å². The summed E-state index contributed by atoms with van der Waals surface area (Å²) in [4.78, 5) is 38.0. The number of rotatable bonds is 5. The number of aryl methyl sites for hydroxylation is 1. The number of aromatic nitrogens is 2. The van der Waals surface area contributed by atoms with Gasteiger partial charge in [0.25, 0.3) is 11.6 Å². The van der Waals surface area contributed by atoms with Gasteiger partial charge in [0.15, 0.2) is 5.82 Å². The first-order valence-corrected chi connectivity index (χ1v) is 10.7. The van der Waals surface area contributed by atoms with Crippen molar-refractivity contribution >= 4 is 11.6 Å². The smallest absolute Gasteiger partial charge is 0.270 e. The number of amides is 1. The number of hydrogen-bond donors (Lipinski definition) is 0. The number of non-ortho nitro benzene ring substituents is 1. The summed E-state index contributed by atoms with van der Waals surface area (Å²) in [7, 11) is 0. The van der Waals surface area contributed by atoms with E-state index < -0.39 is 4.92 Å². The van der Waals surface area contributed by atoms with Gasteiger partial charge < -0.3 is 9.80 Å². The van der Waals surface area contributed by atoms with E-state index in [-0.39, 0.29) is 11.6 Å². The molecule has 0 radical (unpaired) electrons. The highest BCUT2D eigenvalue weighted by Gasteiger charge is 2.27. The van der Waals surface area contributed by atoms with Crippen LogP contribution >= 0.6 is 0 Å². The molecule has 0 atom stereocenters. The summed E-state index contributed by atoms with van der Waals surface area (Å²) < 4.78 is 0. The lowest BCUT2D eigenvalue weighted by Crippen LogP contribution is -2.48. The van der Waals surface area contributed by atoms with Crippen LogP contribution in [0.25, 0.3) is 22.6 Å². The van der Waals surface area contributed by atoms with Gasteiger partial charge in [-0.25, -0.2) is 9.97 Å². The van der Waals surface area contributed by atoms with Crippen LogP contribution < -0.4 is 0 Å². The van der Waals surface area contributed by atoms with E-state index in [0.29, 0.717) is 41.4 Å². The van der Waals surface area contributed by atoms with Gasteiger partial charge in [-0.05, 0) is 13.5 Å². The zero-order valence-electron chi connectivity index (χ0n) is 18.2. The Kier molecular flexibility index (Phi) is 6.23. The fraction of sp³-hybridized carbons (Fsp3) is 0.292. The fourth-order valence-electron chi connectivity index (χ4n) is 3.95. The molecule has 0 spiro atoms. The van der Waals surface area contributed by atoms with Crippen molar-refractivity contribution in [3.63, 3.8) is 0 Å². The number of piperazine rings is 1. The number of nitrogens with zero attached hydrogens (tertiary/aromatic N) is 5. The molecule has 3 aromatic rings. The van der Waals surface area contributed by atoms with Crippen molar-refractivity contribution in [2.45, 2.75) is 13.8 Å². The molecular weight excluding hydrogens is 406 g/mol. The first kappa shape index (κ1) is 21.6. The largest absolute Gasteiger partial charge is 0.336 e. The van der Waals surface area contributed by atoms with Crippen LogP contribution in [0.5, 0.6) is 0 Å². The predicted molar refractivity (Wildman–Crippen MR) is 122 cm³/mol. The van der Waals surface area contributed by atoms with Crippen LogP contribution in [0, 0.1) is 17.0 Å². The molecule has 8 heteroatoms. The topological polar surface area (TPSA) is 92.5 Å². The Morgan fingerprint density at radius 1 is 1.00 bits per heavy atom. The maximum atomic E-state index is 13.6. The first-order chi connectivity index (χ1) is 15.5. The molecule has 0 N–H and O–H groups in total. The molecule has 8 nitrogen and oxygen atoms in total. The molecule has 32 heavy (non-hydrogen) atoms. The molecule has 4 rings (SSSR count). The van der Waals surface area contributed by atoms with Gasteiger partial charge in [0.05, 0.1) is 21.9 Å². The minimum atomic E-state index is -0.443. The molecule has 1 aliphatic heterocycles. The molecule has 164 valence electrons. The van der Waals surface area contributed by atoms with Crippen molar-refractivity contribution in [2.24, 2.45) is 0 Å². The quantitative estimate of drug-likeness (QED) is 0.451. The number of benzene rings is 2. The van der Waals surface area contributed by atoms with Crippen LogP contribution in [0.2, 0.25) is 0 Å². The monoisotopic (exact) mass is 431 g/mol. The molecule has 2 heterocycles. The summed E-state index contributed by atoms with van der Waals surface area (Å²) in [5.74, 6) is 0.344. The van der Waals surface area contributed by atoms with Crippen LogP contribution in [-0.2, 0) is 0 Å². The predicted octanol–water partition coefficient (Wildman–Crippen LogP) is 3.80. The van der Waals surface area contributed by atoms with E-state index in [1.165, 1.54) is 12.1 Å². The Hall–Kier alpha value is -3.65. The Labute approximate surface area is 186 Å². The van der Waals surface area contributed by atoms with Crippen LogP contribution in [0.15, 0.2) is 54.6 Å². The lowest BCUT2D eigenvalue weighted by Gasteiger charge is -2.34. The standard InChI is InChI=1S/C24H25N5O3/c1-3-27-12-14-28(15-13-27)24(30)21-17(2)25-23(18-8-5-4-6-9-18)26-22(21)19-10-7-11-20(16-19)29(31)32/h4-11,16H,3,12-15H2,1-2H3. The summed E-state index contributed by atoms with van der Waals surface area (Å²) in [6.07, 6.45) is 0. The molecule has 1 saturated heterocycles. The molecule has 0 aliphatic carbocycles. The second-order valence-electron chi connectivity index (χ2n) is 7.76. The molecule has 0 bridgehead atoms. The maximum Gasteiger partial charge on any atom is 0.270 e. The van der Waals surface area contributed by atoms with Crippen LogP contribution in [0.1, 0.15) is 23.0 Å². The van der Waals surface area contributed by atoms with Crippen molar-refractivity contribution in [1.82, 2.24) is 19.8 Å². The Morgan fingerprint density at radius 3 is 2.34 bits per heavy atom. The lowest BCUT2D eigenvalue weighted by atomic mass is 10.0. The number of hydrogen-bond acceptors (Lipinski definition) is 6. The molecule has 2 aromatic carbocycles. The zero-order chi connectivity index (χ0) is 22.7. The average molecular weight is 431 g/mol. The van der Waals surface area contributed by atoms with Crippen molar-refractivity contribution in [1.29, 1.82) is 0 Å². The van der Waals surface area contributed by atoms with Crippen molar-refractivity contribution in [3.8, 4) is 22.6 Å². The zero-order valence-corrected chi connectivity index (χ0v) is 18.2. The number of carbonyl (C=O) groups excluding carboxylic acids is 1. The second-order valence-corrected chi connectivity index (χ2v) is 7.76. The molecular formula is C24H25N5O3. The molecule has 0 saturated carbocycles. The van der Waals surface area contributed by atoms with Crippen molar-refractivity contribution in [3.05, 3.63) is 76.0 Å². The van der Waals surface area contributed by atoms with E-state index in [1.54, 1.807) is 19.1 Å². The third-order valence-electron chi connectivity index (χ3n) is 5.77. The van der Waals surface area contributed by atoms with E-state index >= 15 is 0 Å². The van der Waals surface area contributed by atoms with Crippen molar-refractivity contribution in [2.75, 3.05) is 32.7 Å². The fourth-order valence-corrected chi connectivity index (χ4v) is 3.95. The van der Waals surface area contributed by atoms with Gasteiger partial charge in [-0.2, -0.15) is 0 Å². The van der Waals surface area contributed by atoms with Gasteiger partial charge in [-0.15, -0.1) is 0 Å². The van der Waals surface area contributed by atoms with E-state index in [2.05, 4.69) is 16.8 Å². The highest BCUT2D eigenvalue weighted by Crippen LogP contribution is 2.30. The normalized spacial score (nSPS) is 14.4. The SMILES string of the molecule is CCN1CCN(C(=O)c2c(C)nc(-c3ccccc3)nc2-c2cccc([N+](=O)[O-])c2)CC1. The Morgan fingerprint density at radius 2 is 1.69 bits per heavy atom. The van der Waals surface area contributed by atoms with Gasteiger partial charge in [0.2, 0.25) is 0 Å². The van der Waals surface area contributed by atoms with E-state index in [0.717, 1.165) is 25.2 Å². The van der Waals surface area contributed by atoms with Crippen molar-refractivity contribution < 1.29 is 9.72 Å². The second kappa shape index (κ2) is 9.23. The van der Waals surface area contributed by atoms with Crippen LogP contribution in [-0.4, -0.2) is 63.3 Å². The Balaban J connectivity index is 1.83. The van der Waals surface area contributed by atoms with Gasteiger partial charge in [0, 0.05) is 49.4 Å². The number of carbonyl (C=O) groups is 1. The lowest BCUT2D eigenvalue weighted by molar-refractivity contribution is -0.384. The first-order valence-electron chi connectivity index (χ1n) is 10.7. The minimum Gasteiger partial charge on any atom is -0.336 e. The third kappa shape index (κ3) is 4.36. The molecule has 1 aromatic heterocycles. The maximum absolute atomic E-state index is 13.6. The highest BCUT2D eigenvalue weighted by atomic mass is 16.6. The molecule has 1 amide bonds. The Bertz CT molecular complexity index is 1140. The summed E-state index contributed by atoms with van der Waals surface area (Å²) in [5.41, 5.74) is 2.67. The van der Waals surface area contributed by atoms with E-state index in [4.69, 9.17) is 4.98 Å². The summed E-state index contributed by atoms with van der Waals surface area (Å²) in [5, 5.41) is 11.4. The van der Waals surface area contributed by atoms with Gasteiger partial charge >= 0.3 is 0 Å². The average Bonchev–Trinajstić information content (AvgIpc) is 2.83. The number of nitro groups is 1. The summed E-state index contributed by atoms with van der Waals surface area (Å²) in [6, 6.07) is 15.8. The minimum absolute atomic E-state index is 0.0463. The molecule has 0 unspecified atom stereocenters. The number of nitro benzene ring substituents is 1. The van der Waals surface area contributed by atoms with Crippen LogP contribution in [0.3, 0.4) is 0 Å². The van der Waals surface area contributed by atoms with Gasteiger partial charge in [-0.3, -0.25) is 14.9 Å². The highest BCUT2D eigenvalue weighted by molar-refractivity contribution is 6.01. The molecule has 1 fully saturated rings. The van der Waals surface area contributed by atoms with Gasteiger partial charge in [-0.1, -0.05) is 49.4 Å².